The van der Waals surface area contributed by atoms with Gasteiger partial charge in [0.25, 0.3) is 0 Å². The standard InChI is InChI=1S/C23H24O2/c1-3-7-18(8-4-1)16-24-22-13-11-21-15-20(22)12-14-23(21)25-17-19-9-5-2-6-10-19/h1-14,20-23H,15-17H2/t20-,21-,22-,23-/m1/s1. The molecule has 2 heteroatoms. The molecule has 0 unspecified atom stereocenters. The number of benzene rings is 2. The normalized spacial score (nSPS) is 27.4. The Balaban J connectivity index is 1.32. The first-order chi connectivity index (χ1) is 12.4. The lowest BCUT2D eigenvalue weighted by Gasteiger charge is -2.36. The average Bonchev–Trinajstić information content (AvgIpc) is 2.68. The van der Waals surface area contributed by atoms with E-state index >= 15 is 0 Å². The van der Waals surface area contributed by atoms with Gasteiger partial charge in [-0.05, 0) is 17.5 Å². The number of hydrogen-bond acceptors (Lipinski definition) is 2. The molecule has 128 valence electrons. The van der Waals surface area contributed by atoms with Gasteiger partial charge in [0, 0.05) is 11.8 Å². The summed E-state index contributed by atoms with van der Waals surface area (Å²) in [5.74, 6) is 0.908. The van der Waals surface area contributed by atoms with E-state index in [-0.39, 0.29) is 12.2 Å². The van der Waals surface area contributed by atoms with Gasteiger partial charge in [-0.15, -0.1) is 0 Å². The first-order valence-corrected chi connectivity index (χ1v) is 9.06. The van der Waals surface area contributed by atoms with Crippen LogP contribution in [-0.2, 0) is 22.7 Å². The Kier molecular flexibility index (Phi) is 5.10. The molecule has 0 aliphatic heterocycles. The molecule has 0 amide bonds. The lowest BCUT2D eigenvalue weighted by molar-refractivity contribution is -0.00112. The lowest BCUT2D eigenvalue weighted by Crippen LogP contribution is -2.35. The third-order valence-corrected chi connectivity index (χ3v) is 5.05. The smallest absolute Gasteiger partial charge is 0.0823 e. The van der Waals surface area contributed by atoms with Crippen LogP contribution in [-0.4, -0.2) is 12.2 Å². The van der Waals surface area contributed by atoms with Crippen molar-refractivity contribution in [2.75, 3.05) is 0 Å². The van der Waals surface area contributed by atoms with Gasteiger partial charge < -0.3 is 9.47 Å². The van der Waals surface area contributed by atoms with Gasteiger partial charge in [-0.3, -0.25) is 0 Å². The molecule has 4 rings (SSSR count). The fourth-order valence-corrected chi connectivity index (χ4v) is 3.64. The second-order valence-corrected chi connectivity index (χ2v) is 6.86. The fraction of sp³-hybridized carbons (Fsp3) is 0.304. The van der Waals surface area contributed by atoms with Crippen LogP contribution in [0.25, 0.3) is 0 Å². The van der Waals surface area contributed by atoms with E-state index in [0.717, 1.165) is 6.42 Å². The summed E-state index contributed by atoms with van der Waals surface area (Å²) in [7, 11) is 0. The molecular formula is C23H24O2. The quantitative estimate of drug-likeness (QED) is 0.699. The van der Waals surface area contributed by atoms with E-state index in [1.807, 2.05) is 12.1 Å². The summed E-state index contributed by atoms with van der Waals surface area (Å²) in [5.41, 5.74) is 2.45. The highest BCUT2D eigenvalue weighted by molar-refractivity contribution is 5.19. The van der Waals surface area contributed by atoms with Gasteiger partial charge in [0.2, 0.25) is 0 Å². The maximum absolute atomic E-state index is 6.14. The van der Waals surface area contributed by atoms with E-state index in [2.05, 4.69) is 72.8 Å². The summed E-state index contributed by atoms with van der Waals surface area (Å²) >= 11 is 0. The molecule has 4 atom stereocenters. The molecule has 25 heavy (non-hydrogen) atoms. The molecule has 0 aromatic heterocycles. The maximum atomic E-state index is 6.14. The van der Waals surface area contributed by atoms with E-state index in [1.54, 1.807) is 0 Å². The van der Waals surface area contributed by atoms with Crippen LogP contribution in [0.5, 0.6) is 0 Å². The second-order valence-electron chi connectivity index (χ2n) is 6.86. The molecular weight excluding hydrogens is 308 g/mol. The van der Waals surface area contributed by atoms with Gasteiger partial charge >= 0.3 is 0 Å². The molecule has 2 bridgehead atoms. The van der Waals surface area contributed by atoms with E-state index in [9.17, 15) is 0 Å². The molecule has 0 radical (unpaired) electrons. The number of rotatable bonds is 6. The Hall–Kier alpha value is -2.16. The van der Waals surface area contributed by atoms with Gasteiger partial charge in [-0.25, -0.2) is 0 Å². The zero-order valence-electron chi connectivity index (χ0n) is 14.3. The van der Waals surface area contributed by atoms with Crippen LogP contribution in [0.1, 0.15) is 17.5 Å². The summed E-state index contributed by atoms with van der Waals surface area (Å²) < 4.78 is 12.3. The van der Waals surface area contributed by atoms with Crippen molar-refractivity contribution in [3.63, 3.8) is 0 Å². The molecule has 0 saturated carbocycles. The molecule has 2 aliphatic rings. The Morgan fingerprint density at radius 2 is 1.04 bits per heavy atom. The summed E-state index contributed by atoms with van der Waals surface area (Å²) in [4.78, 5) is 0. The van der Waals surface area contributed by atoms with Crippen molar-refractivity contribution in [3.05, 3.63) is 96.1 Å². The molecule has 2 aromatic rings. The molecule has 2 nitrogen and oxygen atoms in total. The Morgan fingerprint density at radius 1 is 0.600 bits per heavy atom. The monoisotopic (exact) mass is 332 g/mol. The molecule has 0 N–H and O–H groups in total. The van der Waals surface area contributed by atoms with Crippen molar-refractivity contribution in [3.8, 4) is 0 Å². The Labute approximate surface area is 149 Å². The zero-order chi connectivity index (χ0) is 16.9. The van der Waals surface area contributed by atoms with Crippen LogP contribution in [0.3, 0.4) is 0 Å². The van der Waals surface area contributed by atoms with Gasteiger partial charge in [-0.1, -0.05) is 85.0 Å². The molecule has 0 spiro atoms. The molecule has 2 aliphatic carbocycles. The highest BCUT2D eigenvalue weighted by atomic mass is 16.5. The minimum absolute atomic E-state index is 0.169. The van der Waals surface area contributed by atoms with E-state index < -0.39 is 0 Å². The van der Waals surface area contributed by atoms with Crippen LogP contribution in [0.4, 0.5) is 0 Å². The predicted molar refractivity (Wildman–Crippen MR) is 99.9 cm³/mol. The Morgan fingerprint density at radius 3 is 1.48 bits per heavy atom. The van der Waals surface area contributed by atoms with Crippen molar-refractivity contribution >= 4 is 0 Å². The van der Waals surface area contributed by atoms with Crippen molar-refractivity contribution in [1.82, 2.24) is 0 Å². The van der Waals surface area contributed by atoms with Crippen LogP contribution in [0, 0.1) is 11.8 Å². The molecule has 2 aromatic carbocycles. The Bertz CT molecular complexity index is 657. The van der Waals surface area contributed by atoms with Crippen molar-refractivity contribution in [1.29, 1.82) is 0 Å². The minimum atomic E-state index is 0.169. The third-order valence-electron chi connectivity index (χ3n) is 5.05. The van der Waals surface area contributed by atoms with Crippen molar-refractivity contribution in [2.24, 2.45) is 11.8 Å². The zero-order valence-corrected chi connectivity index (χ0v) is 14.3. The van der Waals surface area contributed by atoms with Gasteiger partial charge in [0.15, 0.2) is 0 Å². The number of ether oxygens (including phenoxy) is 2. The highest BCUT2D eigenvalue weighted by Gasteiger charge is 2.33. The fourth-order valence-electron chi connectivity index (χ4n) is 3.64. The second kappa shape index (κ2) is 7.81. The summed E-state index contributed by atoms with van der Waals surface area (Å²) in [5, 5.41) is 0. The van der Waals surface area contributed by atoms with Crippen molar-refractivity contribution < 1.29 is 9.47 Å². The molecule has 0 saturated heterocycles. The first-order valence-electron chi connectivity index (χ1n) is 9.06. The average molecular weight is 332 g/mol. The van der Waals surface area contributed by atoms with Crippen LogP contribution in [0.2, 0.25) is 0 Å². The summed E-state index contributed by atoms with van der Waals surface area (Å²) in [6.07, 6.45) is 10.5. The topological polar surface area (TPSA) is 18.5 Å². The lowest BCUT2D eigenvalue weighted by atomic mass is 9.77. The van der Waals surface area contributed by atoms with Gasteiger partial charge in [-0.2, -0.15) is 0 Å². The summed E-state index contributed by atoms with van der Waals surface area (Å²) in [6.45, 7) is 1.33. The summed E-state index contributed by atoms with van der Waals surface area (Å²) in [6, 6.07) is 20.7. The largest absolute Gasteiger partial charge is 0.369 e. The van der Waals surface area contributed by atoms with E-state index in [0.29, 0.717) is 25.0 Å². The van der Waals surface area contributed by atoms with Gasteiger partial charge in [0.05, 0.1) is 25.4 Å². The minimum Gasteiger partial charge on any atom is -0.369 e. The predicted octanol–water partition coefficient (Wildman–Crippen LogP) is 4.92. The van der Waals surface area contributed by atoms with Crippen LogP contribution >= 0.6 is 0 Å². The number of fused-ring (bicyclic) bond motifs is 2. The molecule has 0 heterocycles. The van der Waals surface area contributed by atoms with E-state index in [4.69, 9.17) is 9.47 Å². The van der Waals surface area contributed by atoms with Crippen LogP contribution < -0.4 is 0 Å². The SMILES string of the molecule is C1=C[C@@H](OCc2ccccc2)[C@@H]2C=C[C@@H](OCc3ccccc3)[C@H]1C2. The number of hydrogen-bond donors (Lipinski definition) is 0. The van der Waals surface area contributed by atoms with Gasteiger partial charge in [0.1, 0.15) is 0 Å². The highest BCUT2D eigenvalue weighted by Crippen LogP contribution is 2.35. The third kappa shape index (κ3) is 4.09. The van der Waals surface area contributed by atoms with Crippen molar-refractivity contribution in [2.45, 2.75) is 31.8 Å². The first kappa shape index (κ1) is 16.3. The molecule has 0 fully saturated rings. The van der Waals surface area contributed by atoms with E-state index in [1.165, 1.54) is 11.1 Å². The van der Waals surface area contributed by atoms with Crippen LogP contribution in [0.15, 0.2) is 85.0 Å². The maximum Gasteiger partial charge on any atom is 0.0823 e.